The van der Waals surface area contributed by atoms with Gasteiger partial charge in [-0.05, 0) is 57.8 Å². The summed E-state index contributed by atoms with van der Waals surface area (Å²) in [5, 5.41) is 15.6. The van der Waals surface area contributed by atoms with Gasteiger partial charge in [-0.3, -0.25) is 0 Å². The Morgan fingerprint density at radius 2 is 2.07 bits per heavy atom. The van der Waals surface area contributed by atoms with Crippen LogP contribution < -0.4 is 10.6 Å². The van der Waals surface area contributed by atoms with Gasteiger partial charge in [-0.15, -0.1) is 0 Å². The van der Waals surface area contributed by atoms with Crippen LogP contribution in [-0.2, 0) is 0 Å². The van der Waals surface area contributed by atoms with Crippen molar-refractivity contribution in [2.75, 3.05) is 32.8 Å². The van der Waals surface area contributed by atoms with Crippen LogP contribution in [0.5, 0.6) is 0 Å². The number of aliphatic hydroxyl groups excluding tert-OH is 1. The second kappa shape index (κ2) is 9.13. The van der Waals surface area contributed by atoms with E-state index in [-0.39, 0.29) is 0 Å². The SMILES string of the molecule is OCCCCCCNCC1CCCNC1. The van der Waals surface area contributed by atoms with Gasteiger partial charge in [0.2, 0.25) is 0 Å². The summed E-state index contributed by atoms with van der Waals surface area (Å²) in [5.74, 6) is 0.844. The molecule has 0 bridgehead atoms. The average Bonchev–Trinajstić information content (AvgIpc) is 2.29. The average molecular weight is 214 g/mol. The number of aliphatic hydroxyl groups is 1. The molecular weight excluding hydrogens is 188 g/mol. The van der Waals surface area contributed by atoms with Crippen molar-refractivity contribution in [2.45, 2.75) is 38.5 Å². The van der Waals surface area contributed by atoms with E-state index in [1.807, 2.05) is 0 Å². The van der Waals surface area contributed by atoms with Crippen LogP contribution in [0.25, 0.3) is 0 Å². The third-order valence-corrected chi connectivity index (χ3v) is 3.09. The predicted octanol–water partition coefficient (Wildman–Crippen LogP) is 1.13. The van der Waals surface area contributed by atoms with Crippen molar-refractivity contribution >= 4 is 0 Å². The van der Waals surface area contributed by atoms with Gasteiger partial charge < -0.3 is 15.7 Å². The normalized spacial score (nSPS) is 21.8. The molecular formula is C12H26N2O. The molecule has 0 aliphatic carbocycles. The van der Waals surface area contributed by atoms with Crippen molar-refractivity contribution in [2.24, 2.45) is 5.92 Å². The Morgan fingerprint density at radius 3 is 2.80 bits per heavy atom. The van der Waals surface area contributed by atoms with E-state index in [1.165, 1.54) is 51.7 Å². The van der Waals surface area contributed by atoms with Crippen LogP contribution in [0, 0.1) is 5.92 Å². The van der Waals surface area contributed by atoms with Gasteiger partial charge in [0.25, 0.3) is 0 Å². The van der Waals surface area contributed by atoms with Crippen molar-refractivity contribution in [3.05, 3.63) is 0 Å². The molecule has 1 fully saturated rings. The van der Waals surface area contributed by atoms with Crippen LogP contribution in [-0.4, -0.2) is 37.9 Å². The third kappa shape index (κ3) is 6.88. The molecule has 0 aromatic carbocycles. The molecule has 0 spiro atoms. The van der Waals surface area contributed by atoms with E-state index in [4.69, 9.17) is 5.11 Å². The summed E-state index contributed by atoms with van der Waals surface area (Å²) >= 11 is 0. The van der Waals surface area contributed by atoms with Gasteiger partial charge in [-0.2, -0.15) is 0 Å². The van der Waals surface area contributed by atoms with Crippen LogP contribution in [0.15, 0.2) is 0 Å². The Balaban J connectivity index is 1.79. The monoisotopic (exact) mass is 214 g/mol. The van der Waals surface area contributed by atoms with Crippen molar-refractivity contribution in [3.63, 3.8) is 0 Å². The number of hydrogen-bond donors (Lipinski definition) is 3. The lowest BCUT2D eigenvalue weighted by atomic mass is 10.00. The maximum atomic E-state index is 8.62. The Bertz CT molecular complexity index is 136. The van der Waals surface area contributed by atoms with Crippen LogP contribution >= 0.6 is 0 Å². The fourth-order valence-corrected chi connectivity index (χ4v) is 2.12. The minimum Gasteiger partial charge on any atom is -0.396 e. The van der Waals surface area contributed by atoms with E-state index in [1.54, 1.807) is 0 Å². The summed E-state index contributed by atoms with van der Waals surface area (Å²) < 4.78 is 0. The first kappa shape index (κ1) is 12.9. The zero-order chi connectivity index (χ0) is 10.8. The minimum atomic E-state index is 0.348. The van der Waals surface area contributed by atoms with Crippen LogP contribution in [0.4, 0.5) is 0 Å². The Hall–Kier alpha value is -0.120. The summed E-state index contributed by atoms with van der Waals surface area (Å²) in [6.07, 6.45) is 7.35. The third-order valence-electron chi connectivity index (χ3n) is 3.09. The van der Waals surface area contributed by atoms with Gasteiger partial charge in [0.1, 0.15) is 0 Å². The summed E-state index contributed by atoms with van der Waals surface area (Å²) in [5.41, 5.74) is 0. The quantitative estimate of drug-likeness (QED) is 0.531. The van der Waals surface area contributed by atoms with E-state index in [0.29, 0.717) is 6.61 Å². The van der Waals surface area contributed by atoms with Gasteiger partial charge in [0.15, 0.2) is 0 Å². The van der Waals surface area contributed by atoms with E-state index < -0.39 is 0 Å². The van der Waals surface area contributed by atoms with Gasteiger partial charge in [0.05, 0.1) is 0 Å². The summed E-state index contributed by atoms with van der Waals surface area (Å²) in [4.78, 5) is 0. The Labute approximate surface area is 93.6 Å². The first-order valence-electron chi connectivity index (χ1n) is 6.46. The highest BCUT2D eigenvalue weighted by Gasteiger charge is 2.11. The highest BCUT2D eigenvalue weighted by atomic mass is 16.2. The van der Waals surface area contributed by atoms with Crippen molar-refractivity contribution in [1.29, 1.82) is 0 Å². The standard InChI is InChI=1S/C12H26N2O/c15-9-4-2-1-3-7-13-10-12-6-5-8-14-11-12/h12-15H,1-11H2. The lowest BCUT2D eigenvalue weighted by Crippen LogP contribution is -2.36. The molecule has 0 aromatic heterocycles. The molecule has 90 valence electrons. The number of unbranched alkanes of at least 4 members (excludes halogenated alkanes) is 3. The highest BCUT2D eigenvalue weighted by molar-refractivity contribution is 4.70. The molecule has 15 heavy (non-hydrogen) atoms. The van der Waals surface area contributed by atoms with Crippen molar-refractivity contribution in [3.8, 4) is 0 Å². The molecule has 3 heteroatoms. The molecule has 1 rings (SSSR count). The van der Waals surface area contributed by atoms with Crippen LogP contribution in [0.2, 0.25) is 0 Å². The lowest BCUT2D eigenvalue weighted by Gasteiger charge is -2.22. The Morgan fingerprint density at radius 1 is 1.20 bits per heavy atom. The molecule has 0 amide bonds. The largest absolute Gasteiger partial charge is 0.396 e. The molecule has 0 radical (unpaired) electrons. The minimum absolute atomic E-state index is 0.348. The predicted molar refractivity (Wildman–Crippen MR) is 64.0 cm³/mol. The maximum absolute atomic E-state index is 8.62. The maximum Gasteiger partial charge on any atom is 0.0431 e. The fourth-order valence-electron chi connectivity index (χ4n) is 2.12. The number of piperidine rings is 1. The molecule has 3 nitrogen and oxygen atoms in total. The Kier molecular flexibility index (Phi) is 7.88. The fraction of sp³-hybridized carbons (Fsp3) is 1.00. The molecule has 1 saturated heterocycles. The molecule has 0 aromatic rings. The first-order valence-corrected chi connectivity index (χ1v) is 6.46. The molecule has 1 heterocycles. The first-order chi connectivity index (χ1) is 7.43. The van der Waals surface area contributed by atoms with Crippen LogP contribution in [0.3, 0.4) is 0 Å². The van der Waals surface area contributed by atoms with Gasteiger partial charge >= 0.3 is 0 Å². The van der Waals surface area contributed by atoms with E-state index in [0.717, 1.165) is 18.9 Å². The second-order valence-electron chi connectivity index (χ2n) is 4.55. The molecule has 1 aliphatic heterocycles. The number of hydrogen-bond acceptors (Lipinski definition) is 3. The topological polar surface area (TPSA) is 44.3 Å². The van der Waals surface area contributed by atoms with Gasteiger partial charge in [-0.1, -0.05) is 12.8 Å². The summed E-state index contributed by atoms with van der Waals surface area (Å²) in [6.45, 7) is 5.06. The number of nitrogens with one attached hydrogen (secondary N) is 2. The van der Waals surface area contributed by atoms with E-state index >= 15 is 0 Å². The molecule has 1 unspecified atom stereocenters. The van der Waals surface area contributed by atoms with Gasteiger partial charge in [-0.25, -0.2) is 0 Å². The molecule has 3 N–H and O–H groups in total. The zero-order valence-electron chi connectivity index (χ0n) is 9.80. The molecule has 0 saturated carbocycles. The summed E-state index contributed by atoms with van der Waals surface area (Å²) in [6, 6.07) is 0. The van der Waals surface area contributed by atoms with Crippen molar-refractivity contribution < 1.29 is 5.11 Å². The van der Waals surface area contributed by atoms with Crippen LogP contribution in [0.1, 0.15) is 38.5 Å². The van der Waals surface area contributed by atoms with Gasteiger partial charge in [0, 0.05) is 6.61 Å². The summed E-state index contributed by atoms with van der Waals surface area (Å²) in [7, 11) is 0. The van der Waals surface area contributed by atoms with E-state index in [2.05, 4.69) is 10.6 Å². The second-order valence-corrected chi connectivity index (χ2v) is 4.55. The molecule has 1 atom stereocenters. The van der Waals surface area contributed by atoms with E-state index in [9.17, 15) is 0 Å². The van der Waals surface area contributed by atoms with Crippen molar-refractivity contribution in [1.82, 2.24) is 10.6 Å². The lowest BCUT2D eigenvalue weighted by molar-refractivity contribution is 0.282. The zero-order valence-corrected chi connectivity index (χ0v) is 9.80. The number of rotatable bonds is 8. The highest BCUT2D eigenvalue weighted by Crippen LogP contribution is 2.08. The smallest absolute Gasteiger partial charge is 0.0431 e. The molecule has 1 aliphatic rings.